The number of hydrogen-bond donors (Lipinski definition) is 1. The van der Waals surface area contributed by atoms with Gasteiger partial charge in [-0.1, -0.05) is 19.4 Å². The van der Waals surface area contributed by atoms with Gasteiger partial charge in [0.25, 0.3) is 21.7 Å². The van der Waals surface area contributed by atoms with E-state index in [4.69, 9.17) is 5.11 Å². The standard InChI is InChI=1S/C12H15F3N2O5S.CH4O/c1-3-5-7-17-10(19)8(23(21,22)12(13,14)15)9(18)16(6-4-2)11(17)20;1-2/h4,8H,2-3,5-7H2,1H3;2H,1H3. The molecule has 0 spiro atoms. The smallest absolute Gasteiger partial charge is 0.400 e. The van der Waals surface area contributed by atoms with Crippen molar-refractivity contribution in [2.24, 2.45) is 0 Å². The molecule has 0 aromatic heterocycles. The lowest BCUT2D eigenvalue weighted by Crippen LogP contribution is -2.65. The van der Waals surface area contributed by atoms with E-state index in [1.54, 1.807) is 6.92 Å². The summed E-state index contributed by atoms with van der Waals surface area (Å²) in [6.07, 6.45) is 1.80. The van der Waals surface area contributed by atoms with Gasteiger partial charge in [-0.05, 0) is 6.42 Å². The number of carbonyl (C=O) groups excluding carboxylic acids is 3. The number of unbranched alkanes of at least 4 members (excludes halogenated alkanes) is 1. The zero-order valence-electron chi connectivity index (χ0n) is 13.6. The summed E-state index contributed by atoms with van der Waals surface area (Å²) in [5, 5.41) is 4.00. The highest BCUT2D eigenvalue weighted by atomic mass is 32.2. The molecule has 12 heteroatoms. The predicted octanol–water partition coefficient (Wildman–Crippen LogP) is 0.675. The number of urea groups is 1. The second kappa shape index (κ2) is 8.94. The van der Waals surface area contributed by atoms with Crippen LogP contribution in [-0.4, -0.2) is 72.1 Å². The monoisotopic (exact) mass is 388 g/mol. The highest BCUT2D eigenvalue weighted by molar-refractivity contribution is 7.94. The van der Waals surface area contributed by atoms with E-state index >= 15 is 0 Å². The number of alkyl halides is 3. The molecule has 1 rings (SSSR count). The third-order valence-corrected chi connectivity index (χ3v) is 4.79. The van der Waals surface area contributed by atoms with Crippen LogP contribution in [-0.2, 0) is 19.4 Å². The molecule has 1 fully saturated rings. The molecule has 4 amide bonds. The first kappa shape index (κ1) is 23.1. The number of barbiturate groups is 1. The molecule has 1 aliphatic heterocycles. The van der Waals surface area contributed by atoms with Crippen LogP contribution in [0.5, 0.6) is 0 Å². The van der Waals surface area contributed by atoms with E-state index < -0.39 is 45.0 Å². The maximum atomic E-state index is 12.7. The molecule has 0 aromatic rings. The van der Waals surface area contributed by atoms with Gasteiger partial charge in [-0.2, -0.15) is 13.2 Å². The summed E-state index contributed by atoms with van der Waals surface area (Å²) in [6.45, 7) is 4.17. The molecule has 0 radical (unpaired) electrons. The van der Waals surface area contributed by atoms with Gasteiger partial charge in [0.2, 0.25) is 5.25 Å². The number of amides is 4. The average Bonchev–Trinajstić information content (AvgIpc) is 2.52. The number of hydrogen-bond acceptors (Lipinski definition) is 6. The second-order valence-electron chi connectivity index (χ2n) is 4.73. The number of sulfone groups is 1. The summed E-state index contributed by atoms with van der Waals surface area (Å²) in [4.78, 5) is 36.7. The molecule has 1 saturated heterocycles. The molecule has 1 heterocycles. The minimum Gasteiger partial charge on any atom is -0.400 e. The SMILES string of the molecule is C=CCN1C(=O)C(S(=O)(=O)C(F)(F)F)C(=O)N(CCCC)C1=O.CO. The van der Waals surface area contributed by atoms with E-state index in [1.807, 2.05) is 0 Å². The summed E-state index contributed by atoms with van der Waals surface area (Å²) in [6, 6.07) is -1.15. The molecule has 1 unspecified atom stereocenters. The Hall–Kier alpha value is -1.95. The Morgan fingerprint density at radius 1 is 1.16 bits per heavy atom. The molecule has 0 aliphatic carbocycles. The number of halogens is 3. The maximum absolute atomic E-state index is 12.7. The van der Waals surface area contributed by atoms with Crippen molar-refractivity contribution in [3.05, 3.63) is 12.7 Å². The zero-order chi connectivity index (χ0) is 20.0. The largest absolute Gasteiger partial charge is 0.498 e. The van der Waals surface area contributed by atoms with E-state index in [0.29, 0.717) is 11.3 Å². The number of aliphatic hydroxyl groups excluding tert-OH is 1. The molecule has 1 atom stereocenters. The van der Waals surface area contributed by atoms with E-state index in [0.717, 1.165) is 13.2 Å². The lowest BCUT2D eigenvalue weighted by molar-refractivity contribution is -0.142. The molecule has 1 aliphatic rings. The number of imide groups is 2. The molecule has 144 valence electrons. The lowest BCUT2D eigenvalue weighted by Gasteiger charge is -2.36. The first-order valence-corrected chi connectivity index (χ1v) is 8.57. The highest BCUT2D eigenvalue weighted by Gasteiger charge is 2.61. The Labute approximate surface area is 142 Å². The van der Waals surface area contributed by atoms with Crippen LogP contribution < -0.4 is 0 Å². The van der Waals surface area contributed by atoms with E-state index in [2.05, 4.69) is 6.58 Å². The van der Waals surface area contributed by atoms with Gasteiger partial charge in [-0.25, -0.2) is 13.2 Å². The van der Waals surface area contributed by atoms with E-state index in [1.165, 1.54) is 0 Å². The Balaban J connectivity index is 0.00000277. The molecule has 25 heavy (non-hydrogen) atoms. The maximum Gasteiger partial charge on any atom is 0.498 e. The fourth-order valence-electron chi connectivity index (χ4n) is 1.94. The van der Waals surface area contributed by atoms with Gasteiger partial charge in [0.1, 0.15) is 0 Å². The van der Waals surface area contributed by atoms with E-state index in [9.17, 15) is 36.0 Å². The highest BCUT2D eigenvalue weighted by Crippen LogP contribution is 2.31. The van der Waals surface area contributed by atoms with Gasteiger partial charge in [0.15, 0.2) is 0 Å². The summed E-state index contributed by atoms with van der Waals surface area (Å²) in [7, 11) is -5.10. The van der Waals surface area contributed by atoms with Crippen LogP contribution in [0.15, 0.2) is 12.7 Å². The van der Waals surface area contributed by atoms with Crippen molar-refractivity contribution >= 4 is 27.7 Å². The molecular formula is C13H19F3N2O6S. The van der Waals surface area contributed by atoms with E-state index in [-0.39, 0.29) is 17.9 Å². The van der Waals surface area contributed by atoms with Crippen molar-refractivity contribution in [2.45, 2.75) is 30.5 Å². The molecule has 0 saturated carbocycles. The van der Waals surface area contributed by atoms with Gasteiger partial charge in [0.05, 0.1) is 0 Å². The minimum absolute atomic E-state index is 0.256. The van der Waals surface area contributed by atoms with Gasteiger partial charge in [0, 0.05) is 20.2 Å². The number of rotatable bonds is 6. The fraction of sp³-hybridized carbons (Fsp3) is 0.615. The third-order valence-electron chi connectivity index (χ3n) is 3.12. The van der Waals surface area contributed by atoms with Crippen LogP contribution in [0.3, 0.4) is 0 Å². The molecule has 1 N–H and O–H groups in total. The summed E-state index contributed by atoms with van der Waals surface area (Å²) >= 11 is 0. The Kier molecular flexibility index (Phi) is 8.25. The number of carbonyl (C=O) groups is 3. The van der Waals surface area contributed by atoms with Gasteiger partial charge < -0.3 is 5.11 Å². The van der Waals surface area contributed by atoms with Crippen LogP contribution >= 0.6 is 0 Å². The van der Waals surface area contributed by atoms with Gasteiger partial charge in [-0.3, -0.25) is 19.4 Å². The minimum atomic E-state index is -6.10. The van der Waals surface area contributed by atoms with Crippen molar-refractivity contribution in [1.29, 1.82) is 0 Å². The second-order valence-corrected chi connectivity index (χ2v) is 6.76. The van der Waals surface area contributed by atoms with Crippen molar-refractivity contribution in [3.8, 4) is 0 Å². The fourth-order valence-corrected chi connectivity index (χ4v) is 2.99. The first-order valence-electron chi connectivity index (χ1n) is 7.03. The quantitative estimate of drug-likeness (QED) is 0.529. The molecule has 0 bridgehead atoms. The molecular weight excluding hydrogens is 369 g/mol. The molecule has 8 nitrogen and oxygen atoms in total. The van der Waals surface area contributed by atoms with Crippen molar-refractivity contribution in [1.82, 2.24) is 9.80 Å². The zero-order valence-corrected chi connectivity index (χ0v) is 14.4. The predicted molar refractivity (Wildman–Crippen MR) is 80.8 cm³/mol. The van der Waals surface area contributed by atoms with Crippen molar-refractivity contribution in [3.63, 3.8) is 0 Å². The van der Waals surface area contributed by atoms with Gasteiger partial charge in [-0.15, -0.1) is 6.58 Å². The third kappa shape index (κ3) is 4.57. The normalized spacial score (nSPS) is 18.8. The Morgan fingerprint density at radius 3 is 2.04 bits per heavy atom. The number of nitrogens with zero attached hydrogens (tertiary/aromatic N) is 2. The summed E-state index contributed by atoms with van der Waals surface area (Å²) in [5.74, 6) is -3.39. The van der Waals surface area contributed by atoms with Gasteiger partial charge >= 0.3 is 11.5 Å². The summed E-state index contributed by atoms with van der Waals surface area (Å²) < 4.78 is 61.3. The van der Waals surface area contributed by atoms with Crippen LogP contribution in [0.2, 0.25) is 0 Å². The van der Waals surface area contributed by atoms with Crippen LogP contribution in [0, 0.1) is 0 Å². The summed E-state index contributed by atoms with van der Waals surface area (Å²) in [5.41, 5.74) is -5.79. The lowest BCUT2D eigenvalue weighted by atomic mass is 10.2. The Bertz CT molecular complexity index is 632. The topological polar surface area (TPSA) is 112 Å². The average molecular weight is 388 g/mol. The Morgan fingerprint density at radius 2 is 1.64 bits per heavy atom. The van der Waals surface area contributed by atoms with Crippen molar-refractivity contribution in [2.75, 3.05) is 20.2 Å². The first-order chi connectivity index (χ1) is 11.5. The molecule has 0 aromatic carbocycles. The van der Waals surface area contributed by atoms with Crippen LogP contribution in [0.25, 0.3) is 0 Å². The van der Waals surface area contributed by atoms with Crippen LogP contribution in [0.4, 0.5) is 18.0 Å². The number of aliphatic hydroxyl groups is 1. The van der Waals surface area contributed by atoms with Crippen LogP contribution in [0.1, 0.15) is 19.8 Å². The van der Waals surface area contributed by atoms with Crippen molar-refractivity contribution < 1.29 is 41.1 Å².